The van der Waals surface area contributed by atoms with E-state index in [0.29, 0.717) is 13.1 Å². The van der Waals surface area contributed by atoms with Crippen molar-refractivity contribution < 1.29 is 4.79 Å². The van der Waals surface area contributed by atoms with Gasteiger partial charge in [-0.25, -0.2) is 9.78 Å². The fourth-order valence-corrected chi connectivity index (χ4v) is 2.81. The van der Waals surface area contributed by atoms with Gasteiger partial charge in [0.15, 0.2) is 0 Å². The first-order valence-electron chi connectivity index (χ1n) is 6.56. The molecular formula is C15H14N4OS. The number of nitrogens with one attached hydrogen (secondary N) is 2. The van der Waals surface area contributed by atoms with Crippen LogP contribution in [0.2, 0.25) is 0 Å². The van der Waals surface area contributed by atoms with E-state index < -0.39 is 0 Å². The van der Waals surface area contributed by atoms with Crippen LogP contribution in [0.15, 0.2) is 48.8 Å². The molecule has 0 saturated carbocycles. The summed E-state index contributed by atoms with van der Waals surface area (Å²) in [5, 5.41) is 6.49. The number of para-hydroxylation sites is 1. The lowest BCUT2D eigenvalue weighted by Gasteiger charge is -2.05. The van der Waals surface area contributed by atoms with E-state index in [-0.39, 0.29) is 6.03 Å². The number of hydrogen-bond acceptors (Lipinski definition) is 4. The van der Waals surface area contributed by atoms with Gasteiger partial charge in [-0.15, -0.1) is 11.3 Å². The highest BCUT2D eigenvalue weighted by Gasteiger charge is 2.05. The molecule has 0 aliphatic carbocycles. The summed E-state index contributed by atoms with van der Waals surface area (Å²) in [5.41, 5.74) is 1.93. The lowest BCUT2D eigenvalue weighted by Crippen LogP contribution is -2.34. The van der Waals surface area contributed by atoms with Gasteiger partial charge in [0.1, 0.15) is 5.01 Å². The van der Waals surface area contributed by atoms with Crippen LogP contribution in [0, 0.1) is 0 Å². The summed E-state index contributed by atoms with van der Waals surface area (Å²) < 4.78 is 1.13. The van der Waals surface area contributed by atoms with Crippen molar-refractivity contribution >= 4 is 27.6 Å². The average molecular weight is 298 g/mol. The van der Waals surface area contributed by atoms with Crippen molar-refractivity contribution in [1.29, 1.82) is 0 Å². The zero-order valence-corrected chi connectivity index (χ0v) is 12.1. The Hall–Kier alpha value is -2.47. The van der Waals surface area contributed by atoms with E-state index in [9.17, 15) is 4.79 Å². The monoisotopic (exact) mass is 298 g/mol. The molecule has 0 saturated heterocycles. The quantitative estimate of drug-likeness (QED) is 0.778. The molecule has 2 aromatic heterocycles. The number of carbonyl (C=O) groups is 1. The first-order valence-corrected chi connectivity index (χ1v) is 7.38. The van der Waals surface area contributed by atoms with Gasteiger partial charge in [0.25, 0.3) is 0 Å². The van der Waals surface area contributed by atoms with Crippen molar-refractivity contribution in [2.24, 2.45) is 0 Å². The smallest absolute Gasteiger partial charge is 0.315 e. The molecule has 5 nitrogen and oxygen atoms in total. The van der Waals surface area contributed by atoms with Crippen molar-refractivity contribution in [3.8, 4) is 0 Å². The molecule has 0 bridgehead atoms. The lowest BCUT2D eigenvalue weighted by molar-refractivity contribution is 0.240. The highest BCUT2D eigenvalue weighted by Crippen LogP contribution is 2.21. The molecule has 0 spiro atoms. The van der Waals surface area contributed by atoms with E-state index in [4.69, 9.17) is 0 Å². The minimum atomic E-state index is -0.210. The van der Waals surface area contributed by atoms with Crippen LogP contribution in [0.5, 0.6) is 0 Å². The van der Waals surface area contributed by atoms with Gasteiger partial charge in [-0.05, 0) is 23.8 Å². The summed E-state index contributed by atoms with van der Waals surface area (Å²) >= 11 is 1.59. The maximum absolute atomic E-state index is 11.7. The molecule has 21 heavy (non-hydrogen) atoms. The van der Waals surface area contributed by atoms with Crippen LogP contribution in [0.1, 0.15) is 10.6 Å². The molecule has 0 aliphatic heterocycles. The first-order chi connectivity index (χ1) is 10.3. The molecular weight excluding hydrogens is 284 g/mol. The van der Waals surface area contributed by atoms with E-state index in [1.807, 2.05) is 36.4 Å². The standard InChI is InChI=1S/C15H14N4OS/c20-15(17-9-11-4-3-7-16-8-11)18-10-14-19-12-5-1-2-6-13(12)21-14/h1-8H,9-10H2,(H2,17,18,20). The number of pyridine rings is 1. The molecule has 0 fully saturated rings. The molecule has 2 amide bonds. The number of aromatic nitrogens is 2. The van der Waals surface area contributed by atoms with Crippen LogP contribution in [-0.2, 0) is 13.1 Å². The number of hydrogen-bond donors (Lipinski definition) is 2. The maximum atomic E-state index is 11.7. The molecule has 2 heterocycles. The van der Waals surface area contributed by atoms with Crippen molar-refractivity contribution in [2.45, 2.75) is 13.1 Å². The van der Waals surface area contributed by atoms with Gasteiger partial charge in [0.05, 0.1) is 16.8 Å². The molecule has 6 heteroatoms. The number of thiazole rings is 1. The Morgan fingerprint density at radius 2 is 1.95 bits per heavy atom. The van der Waals surface area contributed by atoms with Gasteiger partial charge < -0.3 is 10.6 Å². The van der Waals surface area contributed by atoms with Gasteiger partial charge in [-0.2, -0.15) is 0 Å². The van der Waals surface area contributed by atoms with Crippen LogP contribution >= 0.6 is 11.3 Å². The van der Waals surface area contributed by atoms with Gasteiger partial charge in [-0.3, -0.25) is 4.98 Å². The largest absolute Gasteiger partial charge is 0.334 e. The Balaban J connectivity index is 1.51. The zero-order valence-electron chi connectivity index (χ0n) is 11.2. The molecule has 0 atom stereocenters. The summed E-state index contributed by atoms with van der Waals surface area (Å²) in [4.78, 5) is 20.2. The third kappa shape index (κ3) is 3.55. The Morgan fingerprint density at radius 3 is 2.76 bits per heavy atom. The predicted octanol–water partition coefficient (Wildman–Crippen LogP) is 2.69. The van der Waals surface area contributed by atoms with Crippen LogP contribution < -0.4 is 10.6 Å². The summed E-state index contributed by atoms with van der Waals surface area (Å²) in [7, 11) is 0. The molecule has 3 aromatic rings. The summed E-state index contributed by atoms with van der Waals surface area (Å²) in [6, 6.07) is 11.5. The lowest BCUT2D eigenvalue weighted by atomic mass is 10.3. The molecule has 1 aromatic carbocycles. The van der Waals surface area contributed by atoms with E-state index in [0.717, 1.165) is 20.8 Å². The highest BCUT2D eigenvalue weighted by atomic mass is 32.1. The molecule has 0 radical (unpaired) electrons. The second-order valence-electron chi connectivity index (χ2n) is 4.47. The van der Waals surface area contributed by atoms with Gasteiger partial charge in [0.2, 0.25) is 0 Å². The second-order valence-corrected chi connectivity index (χ2v) is 5.59. The number of carbonyl (C=O) groups excluding carboxylic acids is 1. The highest BCUT2D eigenvalue weighted by molar-refractivity contribution is 7.18. The number of nitrogens with zero attached hydrogens (tertiary/aromatic N) is 2. The van der Waals surface area contributed by atoms with Crippen LogP contribution in [0.4, 0.5) is 4.79 Å². The Morgan fingerprint density at radius 1 is 1.10 bits per heavy atom. The molecule has 0 unspecified atom stereocenters. The number of amides is 2. The van der Waals surface area contributed by atoms with Crippen molar-refractivity contribution in [3.63, 3.8) is 0 Å². The Labute approximate surface area is 126 Å². The predicted molar refractivity (Wildman–Crippen MR) is 82.9 cm³/mol. The van der Waals surface area contributed by atoms with E-state index in [2.05, 4.69) is 20.6 Å². The molecule has 106 valence electrons. The minimum absolute atomic E-state index is 0.210. The molecule has 0 aliphatic rings. The van der Waals surface area contributed by atoms with Crippen molar-refractivity contribution in [2.75, 3.05) is 0 Å². The number of fused-ring (bicyclic) bond motifs is 1. The van der Waals surface area contributed by atoms with Crippen LogP contribution in [0.3, 0.4) is 0 Å². The van der Waals surface area contributed by atoms with Gasteiger partial charge in [-0.1, -0.05) is 18.2 Å². The SMILES string of the molecule is O=C(NCc1cccnc1)NCc1nc2ccccc2s1. The second kappa shape index (κ2) is 6.32. The normalized spacial score (nSPS) is 10.5. The molecule has 3 rings (SSSR count). The van der Waals surface area contributed by atoms with E-state index in [1.54, 1.807) is 23.7 Å². The van der Waals surface area contributed by atoms with Crippen molar-refractivity contribution in [1.82, 2.24) is 20.6 Å². The number of benzene rings is 1. The summed E-state index contributed by atoms with van der Waals surface area (Å²) in [6.45, 7) is 0.887. The fraction of sp³-hybridized carbons (Fsp3) is 0.133. The Bertz CT molecular complexity index is 709. The van der Waals surface area contributed by atoms with Crippen LogP contribution in [-0.4, -0.2) is 16.0 Å². The third-order valence-electron chi connectivity index (χ3n) is 2.91. The average Bonchev–Trinajstić information content (AvgIpc) is 2.95. The fourth-order valence-electron chi connectivity index (χ4n) is 1.90. The van der Waals surface area contributed by atoms with Gasteiger partial charge >= 0.3 is 6.03 Å². The zero-order chi connectivity index (χ0) is 14.5. The van der Waals surface area contributed by atoms with E-state index >= 15 is 0 Å². The van der Waals surface area contributed by atoms with E-state index in [1.165, 1.54) is 0 Å². The van der Waals surface area contributed by atoms with Gasteiger partial charge in [0, 0.05) is 18.9 Å². The topological polar surface area (TPSA) is 66.9 Å². The minimum Gasteiger partial charge on any atom is -0.334 e. The summed E-state index contributed by atoms with van der Waals surface area (Å²) in [5.74, 6) is 0. The van der Waals surface area contributed by atoms with Crippen molar-refractivity contribution in [3.05, 3.63) is 59.4 Å². The van der Waals surface area contributed by atoms with Crippen LogP contribution in [0.25, 0.3) is 10.2 Å². The third-order valence-corrected chi connectivity index (χ3v) is 3.95. The molecule has 2 N–H and O–H groups in total. The summed E-state index contributed by atoms with van der Waals surface area (Å²) in [6.07, 6.45) is 3.44. The maximum Gasteiger partial charge on any atom is 0.315 e. The first kappa shape index (κ1) is 13.5. The Kier molecular flexibility index (Phi) is 4.07. The number of urea groups is 1. The number of rotatable bonds is 4.